The van der Waals surface area contributed by atoms with E-state index in [2.05, 4.69) is 49.1 Å². The van der Waals surface area contributed by atoms with Gasteiger partial charge in [0.2, 0.25) is 0 Å². The number of aliphatic hydroxyl groups excluding tert-OH is 4. The maximum absolute atomic E-state index is 10.4. The molecule has 1 aliphatic carbocycles. The molecule has 0 aromatic heterocycles. The zero-order valence-electron chi connectivity index (χ0n) is 16.5. The summed E-state index contributed by atoms with van der Waals surface area (Å²) in [5.74, 6) is 0. The van der Waals surface area contributed by atoms with Crippen LogP contribution in [-0.4, -0.2) is 75.7 Å². The number of nitrogens with zero attached hydrogens (tertiary/aromatic N) is 1. The molecule has 1 heterocycles. The smallest absolute Gasteiger partial charge is 0.157 e. The maximum atomic E-state index is 10.4. The van der Waals surface area contributed by atoms with Crippen LogP contribution in [0.2, 0.25) is 0 Å². The summed E-state index contributed by atoms with van der Waals surface area (Å²) in [6.45, 7) is 0.254. The molecule has 0 spiro atoms. The van der Waals surface area contributed by atoms with Crippen LogP contribution in [0, 0.1) is 0 Å². The third kappa shape index (κ3) is 5.51. The van der Waals surface area contributed by atoms with Gasteiger partial charge in [-0.1, -0.05) is 35.2 Å². The molecule has 9 heteroatoms. The molecule has 5 N–H and O–H groups in total. The van der Waals surface area contributed by atoms with Crippen LogP contribution in [0.1, 0.15) is 37.7 Å². The Balaban J connectivity index is 1.81. The summed E-state index contributed by atoms with van der Waals surface area (Å²) in [7, 11) is 2.13. The Morgan fingerprint density at radius 2 is 1.76 bits per heavy atom. The van der Waals surface area contributed by atoms with E-state index >= 15 is 0 Å². The molecule has 164 valence electrons. The molecule has 0 bridgehead atoms. The van der Waals surface area contributed by atoms with Crippen molar-refractivity contribution in [3.63, 3.8) is 0 Å². The Labute approximate surface area is 188 Å². The van der Waals surface area contributed by atoms with E-state index in [1.807, 2.05) is 12.1 Å². The Hall–Kier alpha value is -0.260. The van der Waals surface area contributed by atoms with Crippen molar-refractivity contribution < 1.29 is 25.2 Å². The van der Waals surface area contributed by atoms with E-state index in [4.69, 9.17) is 4.74 Å². The fraction of sp³-hybridized carbons (Fsp3) is 0.700. The lowest BCUT2D eigenvalue weighted by atomic mass is 9.94. The van der Waals surface area contributed by atoms with Crippen molar-refractivity contribution in [2.75, 3.05) is 19.0 Å². The number of hydrogen-bond donors (Lipinski definition) is 5. The fourth-order valence-corrected chi connectivity index (χ4v) is 5.62. The number of rotatable bonds is 6. The highest BCUT2D eigenvalue weighted by molar-refractivity contribution is 9.11. The molecule has 7 nitrogen and oxygen atoms in total. The Morgan fingerprint density at radius 3 is 2.41 bits per heavy atom. The molecule has 5 atom stereocenters. The van der Waals surface area contributed by atoms with Crippen molar-refractivity contribution in [3.05, 3.63) is 26.6 Å². The van der Waals surface area contributed by atoms with Crippen LogP contribution in [0.5, 0.6) is 0 Å². The molecule has 1 saturated heterocycles. The number of ether oxygens (including phenoxy) is 1. The van der Waals surface area contributed by atoms with E-state index in [1.54, 1.807) is 0 Å². The molecule has 1 saturated carbocycles. The van der Waals surface area contributed by atoms with Crippen LogP contribution in [0.4, 0.5) is 5.69 Å². The predicted molar refractivity (Wildman–Crippen MR) is 118 cm³/mol. The van der Waals surface area contributed by atoms with E-state index in [1.165, 1.54) is 32.1 Å². The van der Waals surface area contributed by atoms with Gasteiger partial charge in [0.05, 0.1) is 12.3 Å². The predicted octanol–water partition coefficient (Wildman–Crippen LogP) is 2.19. The highest BCUT2D eigenvalue weighted by Gasteiger charge is 2.43. The van der Waals surface area contributed by atoms with Gasteiger partial charge in [-0.2, -0.15) is 0 Å². The van der Waals surface area contributed by atoms with Gasteiger partial charge in [-0.15, -0.1) is 0 Å². The Bertz CT molecular complexity index is 687. The summed E-state index contributed by atoms with van der Waals surface area (Å²) in [6.07, 6.45) is 0.154. The number of anilines is 1. The van der Waals surface area contributed by atoms with Gasteiger partial charge >= 0.3 is 0 Å². The van der Waals surface area contributed by atoms with Gasteiger partial charge < -0.3 is 30.5 Å². The van der Waals surface area contributed by atoms with Crippen molar-refractivity contribution in [1.82, 2.24) is 4.90 Å². The van der Waals surface area contributed by atoms with Crippen LogP contribution in [0.3, 0.4) is 0 Å². The van der Waals surface area contributed by atoms with Crippen LogP contribution < -0.4 is 5.32 Å². The van der Waals surface area contributed by atoms with Crippen LogP contribution in [0.25, 0.3) is 0 Å². The summed E-state index contributed by atoms with van der Waals surface area (Å²) >= 11 is 7.13. The van der Waals surface area contributed by atoms with E-state index in [0.717, 1.165) is 20.2 Å². The normalized spacial score (nSPS) is 31.2. The molecule has 0 radical (unpaired) electrons. The zero-order valence-corrected chi connectivity index (χ0v) is 19.6. The second kappa shape index (κ2) is 10.4. The summed E-state index contributed by atoms with van der Waals surface area (Å²) in [4.78, 5) is 2.35. The first-order valence-corrected chi connectivity index (χ1v) is 11.7. The molecule has 3 rings (SSSR count). The Morgan fingerprint density at radius 1 is 1.07 bits per heavy atom. The molecule has 0 unspecified atom stereocenters. The van der Waals surface area contributed by atoms with Crippen LogP contribution >= 0.6 is 31.9 Å². The van der Waals surface area contributed by atoms with Gasteiger partial charge in [-0.3, -0.25) is 4.90 Å². The summed E-state index contributed by atoms with van der Waals surface area (Å²) in [5, 5.41) is 43.1. The summed E-state index contributed by atoms with van der Waals surface area (Å²) in [5.41, 5.74) is 1.76. The first-order chi connectivity index (χ1) is 13.8. The second-order valence-electron chi connectivity index (χ2n) is 8.02. The first-order valence-electron chi connectivity index (χ1n) is 10.1. The van der Waals surface area contributed by atoms with Gasteiger partial charge in [-0.05, 0) is 53.5 Å². The van der Waals surface area contributed by atoms with Crippen molar-refractivity contribution >= 4 is 37.5 Å². The fourth-order valence-electron chi connectivity index (χ4n) is 4.20. The summed E-state index contributed by atoms with van der Waals surface area (Å²) in [6, 6.07) is 4.47. The maximum Gasteiger partial charge on any atom is 0.157 e. The molecular weight excluding hydrogens is 508 g/mol. The van der Waals surface area contributed by atoms with E-state index in [-0.39, 0.29) is 0 Å². The van der Waals surface area contributed by atoms with E-state index in [0.29, 0.717) is 12.6 Å². The lowest BCUT2D eigenvalue weighted by Gasteiger charge is -2.41. The first kappa shape index (κ1) is 23.4. The molecular formula is C20H30Br2N2O5. The lowest BCUT2D eigenvalue weighted by molar-refractivity contribution is -0.221. The SMILES string of the molecule is CN(Cc1cc(Br)cc(Br)c1N[C@H]1O[C@@H](CO)[C@H](O)[C@@H](O)[C@@H]1O)C1CCCCC1. The highest BCUT2D eigenvalue weighted by atomic mass is 79.9. The quantitative estimate of drug-likeness (QED) is 0.379. The summed E-state index contributed by atoms with van der Waals surface area (Å²) < 4.78 is 7.34. The largest absolute Gasteiger partial charge is 0.394 e. The second-order valence-corrected chi connectivity index (χ2v) is 9.79. The van der Waals surface area contributed by atoms with Crippen molar-refractivity contribution in [2.24, 2.45) is 0 Å². The lowest BCUT2D eigenvalue weighted by Crippen LogP contribution is -2.60. The number of nitrogens with one attached hydrogen (secondary N) is 1. The van der Waals surface area contributed by atoms with E-state index in [9.17, 15) is 20.4 Å². The number of benzene rings is 1. The molecule has 2 fully saturated rings. The standard InChI is InChI=1S/C20H30Br2N2O5/c1-24(13-5-3-2-4-6-13)9-11-7-12(21)8-14(22)16(11)23-20-19(28)18(27)17(26)15(10-25)29-20/h7-8,13,15,17-20,23,25-28H,2-6,9-10H2,1H3/t15-,17-,18+,19-,20-/m0/s1. The Kier molecular flexibility index (Phi) is 8.37. The molecule has 1 aliphatic heterocycles. The minimum atomic E-state index is -1.42. The molecule has 2 aliphatic rings. The number of hydrogen-bond acceptors (Lipinski definition) is 7. The third-order valence-corrected chi connectivity index (χ3v) is 7.02. The van der Waals surface area contributed by atoms with Gasteiger partial charge in [-0.25, -0.2) is 0 Å². The zero-order chi connectivity index (χ0) is 21.1. The molecule has 29 heavy (non-hydrogen) atoms. The van der Waals surface area contributed by atoms with Crippen molar-refractivity contribution in [2.45, 2.75) is 75.3 Å². The monoisotopic (exact) mass is 536 g/mol. The number of halogens is 2. The van der Waals surface area contributed by atoms with Crippen molar-refractivity contribution in [3.8, 4) is 0 Å². The topological polar surface area (TPSA) is 105 Å². The molecule has 1 aromatic carbocycles. The van der Waals surface area contributed by atoms with Crippen LogP contribution in [0.15, 0.2) is 21.1 Å². The minimum absolute atomic E-state index is 0.456. The molecule has 1 aromatic rings. The van der Waals surface area contributed by atoms with Gasteiger partial charge in [0, 0.05) is 21.5 Å². The molecule has 0 amide bonds. The van der Waals surface area contributed by atoms with E-state index < -0.39 is 37.3 Å². The van der Waals surface area contributed by atoms with Gasteiger partial charge in [0.25, 0.3) is 0 Å². The van der Waals surface area contributed by atoms with Gasteiger partial charge in [0.15, 0.2) is 6.23 Å². The van der Waals surface area contributed by atoms with Crippen molar-refractivity contribution in [1.29, 1.82) is 0 Å². The van der Waals surface area contributed by atoms with Crippen LogP contribution in [-0.2, 0) is 11.3 Å². The minimum Gasteiger partial charge on any atom is -0.394 e. The highest BCUT2D eigenvalue weighted by Crippen LogP contribution is 2.35. The number of aliphatic hydroxyl groups is 4. The third-order valence-electron chi connectivity index (χ3n) is 5.93. The average molecular weight is 538 g/mol. The van der Waals surface area contributed by atoms with Gasteiger partial charge in [0.1, 0.15) is 24.4 Å². The average Bonchev–Trinajstić information content (AvgIpc) is 2.71.